The second-order valence-electron chi connectivity index (χ2n) is 3.90. The molecule has 0 fully saturated rings. The van der Waals surface area contributed by atoms with Crippen LogP contribution < -0.4 is 0 Å². The average molecular weight is 338 g/mol. The van der Waals surface area contributed by atoms with Crippen molar-refractivity contribution in [2.75, 3.05) is 0 Å². The monoisotopic (exact) mass is 337 g/mol. The Kier molecular flexibility index (Phi) is 4.63. The molecule has 2 unspecified atom stereocenters. The van der Waals surface area contributed by atoms with E-state index in [2.05, 4.69) is 15.9 Å². The lowest BCUT2D eigenvalue weighted by molar-refractivity contribution is 0.0991. The third-order valence-corrected chi connectivity index (χ3v) is 4.26. The maximum absolute atomic E-state index is 12.2. The zero-order valence-electron chi connectivity index (χ0n) is 9.78. The minimum atomic E-state index is -2.25. The average Bonchev–Trinajstić information content (AvgIpc) is 2.46. The standard InChI is InChI=1S/C14H11BrO3S/c15-13(14(16)11-4-2-1-3-5-11)10-6-8-12(9-7-10)19(17)18/h1-9,13H,(H,17,18)/p-1. The van der Waals surface area contributed by atoms with Crippen molar-refractivity contribution in [3.63, 3.8) is 0 Å². The number of rotatable bonds is 4. The van der Waals surface area contributed by atoms with Crippen LogP contribution in [0.2, 0.25) is 0 Å². The van der Waals surface area contributed by atoms with E-state index in [4.69, 9.17) is 0 Å². The topological polar surface area (TPSA) is 57.2 Å². The van der Waals surface area contributed by atoms with Crippen molar-refractivity contribution in [3.05, 3.63) is 65.7 Å². The summed E-state index contributed by atoms with van der Waals surface area (Å²) in [5.74, 6) is -0.0587. The van der Waals surface area contributed by atoms with E-state index in [1.807, 2.05) is 6.07 Å². The largest absolute Gasteiger partial charge is 0.768 e. The molecule has 0 aromatic heterocycles. The number of hydrogen-bond acceptors (Lipinski definition) is 3. The molecule has 5 heteroatoms. The third-order valence-electron chi connectivity index (χ3n) is 2.65. The molecular formula is C14H10BrO3S-. The molecule has 98 valence electrons. The Hall–Kier alpha value is -1.30. The zero-order valence-corrected chi connectivity index (χ0v) is 12.2. The van der Waals surface area contributed by atoms with Gasteiger partial charge in [0.1, 0.15) is 4.83 Å². The fraction of sp³-hybridized carbons (Fsp3) is 0.0714. The molecule has 0 aliphatic heterocycles. The van der Waals surface area contributed by atoms with Gasteiger partial charge in [0.25, 0.3) is 0 Å². The number of Topliss-reactive ketones (excluding diaryl/α,β-unsaturated/α-hetero) is 1. The molecular weight excluding hydrogens is 328 g/mol. The second-order valence-corrected chi connectivity index (χ2v) is 5.75. The molecule has 19 heavy (non-hydrogen) atoms. The Morgan fingerprint density at radius 2 is 1.63 bits per heavy atom. The maximum atomic E-state index is 12.2. The summed E-state index contributed by atoms with van der Waals surface area (Å²) in [6.45, 7) is 0. The second kappa shape index (κ2) is 6.23. The molecule has 2 aromatic carbocycles. The van der Waals surface area contributed by atoms with Gasteiger partial charge in [-0.15, -0.1) is 0 Å². The summed E-state index contributed by atoms with van der Waals surface area (Å²) < 4.78 is 21.5. The molecule has 0 saturated heterocycles. The molecule has 0 N–H and O–H groups in total. The zero-order chi connectivity index (χ0) is 13.8. The summed E-state index contributed by atoms with van der Waals surface area (Å²) in [5, 5.41) is 0. The molecule has 2 aromatic rings. The molecule has 0 radical (unpaired) electrons. The van der Waals surface area contributed by atoms with Crippen LogP contribution in [0.25, 0.3) is 0 Å². The van der Waals surface area contributed by atoms with E-state index in [0.29, 0.717) is 5.56 Å². The van der Waals surface area contributed by atoms with E-state index in [9.17, 15) is 13.6 Å². The van der Waals surface area contributed by atoms with Crippen molar-refractivity contribution in [1.82, 2.24) is 0 Å². The highest BCUT2D eigenvalue weighted by Gasteiger charge is 2.18. The van der Waals surface area contributed by atoms with Crippen LogP contribution in [0.15, 0.2) is 59.5 Å². The summed E-state index contributed by atoms with van der Waals surface area (Å²) in [7, 11) is 0. The molecule has 2 rings (SSSR count). The van der Waals surface area contributed by atoms with Crippen molar-refractivity contribution >= 4 is 32.8 Å². The van der Waals surface area contributed by atoms with Crippen molar-refractivity contribution < 1.29 is 13.6 Å². The summed E-state index contributed by atoms with van der Waals surface area (Å²) >= 11 is 1.10. The molecule has 2 atom stereocenters. The van der Waals surface area contributed by atoms with E-state index in [1.165, 1.54) is 12.1 Å². The smallest absolute Gasteiger partial charge is 0.180 e. The number of ketones is 1. The summed E-state index contributed by atoms with van der Waals surface area (Å²) in [6, 6.07) is 15.2. The minimum absolute atomic E-state index is 0.0587. The van der Waals surface area contributed by atoms with Gasteiger partial charge in [-0.25, -0.2) is 0 Å². The lowest BCUT2D eigenvalue weighted by Crippen LogP contribution is -2.07. The molecule has 0 saturated carbocycles. The van der Waals surface area contributed by atoms with Gasteiger partial charge in [0.2, 0.25) is 0 Å². The van der Waals surface area contributed by atoms with E-state index in [-0.39, 0.29) is 10.7 Å². The van der Waals surface area contributed by atoms with Gasteiger partial charge in [-0.2, -0.15) is 0 Å². The first kappa shape index (κ1) is 14.1. The molecule has 0 amide bonds. The Morgan fingerprint density at radius 1 is 1.05 bits per heavy atom. The molecule has 0 aliphatic carbocycles. The van der Waals surface area contributed by atoms with Crippen molar-refractivity contribution in [1.29, 1.82) is 0 Å². The number of benzene rings is 2. The van der Waals surface area contributed by atoms with Crippen LogP contribution in [0, 0.1) is 0 Å². The third kappa shape index (κ3) is 3.37. The van der Waals surface area contributed by atoms with Gasteiger partial charge in [-0.3, -0.25) is 9.00 Å². The fourth-order valence-electron chi connectivity index (χ4n) is 1.65. The number of carbonyl (C=O) groups excluding carboxylic acids is 1. The first-order chi connectivity index (χ1) is 9.09. The predicted octanol–water partition coefficient (Wildman–Crippen LogP) is 3.24. The normalized spacial score (nSPS) is 13.8. The maximum Gasteiger partial charge on any atom is 0.180 e. The first-order valence-corrected chi connectivity index (χ1v) is 7.51. The Balaban J connectivity index is 2.22. The van der Waals surface area contributed by atoms with Gasteiger partial charge in [0.15, 0.2) is 5.78 Å². The molecule has 0 bridgehead atoms. The Bertz CT molecular complexity index is 596. The molecule has 0 aliphatic rings. The fourth-order valence-corrected chi connectivity index (χ4v) is 2.58. The van der Waals surface area contributed by atoms with Gasteiger partial charge in [0.05, 0.1) is 0 Å². The Labute approximate surface area is 122 Å². The SMILES string of the molecule is O=C(c1ccccc1)C(Br)c1ccc(S(=O)[O-])cc1. The van der Waals surface area contributed by atoms with E-state index in [0.717, 1.165) is 5.56 Å². The van der Waals surface area contributed by atoms with Gasteiger partial charge >= 0.3 is 0 Å². The highest BCUT2D eigenvalue weighted by atomic mass is 79.9. The molecule has 0 heterocycles. The number of carbonyl (C=O) groups is 1. The summed E-state index contributed by atoms with van der Waals surface area (Å²) in [5.41, 5.74) is 1.34. The van der Waals surface area contributed by atoms with Gasteiger partial charge in [-0.05, 0) is 28.8 Å². The quantitative estimate of drug-likeness (QED) is 0.489. The van der Waals surface area contributed by atoms with Crippen LogP contribution in [0.3, 0.4) is 0 Å². The van der Waals surface area contributed by atoms with Crippen molar-refractivity contribution in [2.24, 2.45) is 0 Å². The lowest BCUT2D eigenvalue weighted by atomic mass is 10.0. The molecule has 0 spiro atoms. The van der Waals surface area contributed by atoms with E-state index >= 15 is 0 Å². The summed E-state index contributed by atoms with van der Waals surface area (Å²) in [4.78, 5) is 11.9. The van der Waals surface area contributed by atoms with Crippen LogP contribution in [0.5, 0.6) is 0 Å². The summed E-state index contributed by atoms with van der Waals surface area (Å²) in [6.07, 6.45) is 0. The van der Waals surface area contributed by atoms with E-state index < -0.39 is 15.9 Å². The number of halogens is 1. The highest BCUT2D eigenvalue weighted by molar-refractivity contribution is 9.09. The van der Waals surface area contributed by atoms with Crippen LogP contribution in [0.4, 0.5) is 0 Å². The molecule has 3 nitrogen and oxygen atoms in total. The number of hydrogen-bond donors (Lipinski definition) is 0. The lowest BCUT2D eigenvalue weighted by Gasteiger charge is -2.11. The predicted molar refractivity (Wildman–Crippen MR) is 76.1 cm³/mol. The Morgan fingerprint density at radius 3 is 2.16 bits per heavy atom. The van der Waals surface area contributed by atoms with Gasteiger partial charge in [0, 0.05) is 10.5 Å². The van der Waals surface area contributed by atoms with Gasteiger partial charge in [-0.1, -0.05) is 58.4 Å². The van der Waals surface area contributed by atoms with Crippen LogP contribution in [-0.2, 0) is 11.1 Å². The first-order valence-electron chi connectivity index (χ1n) is 5.52. The van der Waals surface area contributed by atoms with Crippen LogP contribution in [0.1, 0.15) is 20.7 Å². The van der Waals surface area contributed by atoms with Gasteiger partial charge < -0.3 is 4.55 Å². The van der Waals surface area contributed by atoms with Crippen molar-refractivity contribution in [2.45, 2.75) is 9.72 Å². The minimum Gasteiger partial charge on any atom is -0.768 e. The number of alkyl halides is 1. The van der Waals surface area contributed by atoms with E-state index in [1.54, 1.807) is 36.4 Å². The highest BCUT2D eigenvalue weighted by Crippen LogP contribution is 2.27. The van der Waals surface area contributed by atoms with Crippen molar-refractivity contribution in [3.8, 4) is 0 Å². The van der Waals surface area contributed by atoms with Crippen LogP contribution in [-0.4, -0.2) is 14.5 Å². The van der Waals surface area contributed by atoms with Crippen LogP contribution >= 0.6 is 15.9 Å².